The Kier molecular flexibility index (Phi) is 3.86. The Balaban J connectivity index is 1.51. The second-order valence-corrected chi connectivity index (χ2v) is 15.2. The minimum absolute atomic E-state index is 0.237. The molecule has 0 fully saturated rings. The molecule has 3 aromatic heterocycles. The quantitative estimate of drug-likeness (QED) is 0.162. The van der Waals surface area contributed by atoms with Crippen molar-refractivity contribution in [1.82, 2.24) is 13.7 Å². The van der Waals surface area contributed by atoms with Gasteiger partial charge >= 0.3 is 0 Å². The molecular weight excluding hydrogens is 605 g/mol. The molecule has 0 bridgehead atoms. The fraction of sp³-hybridized carbons (Fsp3) is 0. The molecule has 0 aliphatic carbocycles. The third-order valence-electron chi connectivity index (χ3n) is 10.7. The summed E-state index contributed by atoms with van der Waals surface area (Å²) in [5.41, 5.74) is 2.46. The fourth-order valence-electron chi connectivity index (χ4n) is 8.92. The first-order chi connectivity index (χ1) is 23.0. The number of hydrogen-bond acceptors (Lipinski definition) is 4. The van der Waals surface area contributed by atoms with Gasteiger partial charge in [0.15, 0.2) is 7.14 Å². The van der Waals surface area contributed by atoms with E-state index in [1.165, 1.54) is 0 Å². The van der Waals surface area contributed by atoms with E-state index in [9.17, 15) is 14.4 Å². The highest BCUT2D eigenvalue weighted by atomic mass is 31.2. The van der Waals surface area contributed by atoms with Crippen molar-refractivity contribution in [3.8, 4) is 17.1 Å². The minimum atomic E-state index is -3.81. The van der Waals surface area contributed by atoms with E-state index in [-0.39, 0.29) is 16.7 Å². The number of hydrogen-bond donors (Lipinski definition) is 0. The van der Waals surface area contributed by atoms with Gasteiger partial charge in [0, 0.05) is 32.3 Å². The summed E-state index contributed by atoms with van der Waals surface area (Å²) in [4.78, 5) is 43.8. The molecule has 3 aliphatic rings. The number of nitrogens with zero attached hydrogens (tertiary/aromatic N) is 3. The van der Waals surface area contributed by atoms with E-state index in [1.54, 1.807) is 13.7 Å². The Morgan fingerprint density at radius 1 is 0.340 bits per heavy atom. The average Bonchev–Trinajstić information content (AvgIpc) is 3.11. The summed E-state index contributed by atoms with van der Waals surface area (Å²) in [6.45, 7) is 0. The number of aromatic nitrogens is 3. The Hall–Kier alpha value is -6.04. The lowest BCUT2D eigenvalue weighted by molar-refractivity contribution is 0.591. The van der Waals surface area contributed by atoms with E-state index in [0.29, 0.717) is 65.7 Å². The maximum atomic E-state index is 16.8. The lowest BCUT2D eigenvalue weighted by Crippen LogP contribution is -2.48. The molecule has 47 heavy (non-hydrogen) atoms. The molecule has 7 nitrogen and oxygen atoms in total. The molecule has 12 rings (SSSR count). The molecule has 218 valence electrons. The first-order valence-corrected chi connectivity index (χ1v) is 17.1. The number of rotatable bonds is 0. The van der Waals surface area contributed by atoms with Crippen LogP contribution in [0.15, 0.2) is 124 Å². The van der Waals surface area contributed by atoms with Crippen LogP contribution < -0.4 is 32.6 Å². The van der Waals surface area contributed by atoms with Gasteiger partial charge in [-0.2, -0.15) is 0 Å². The topological polar surface area (TPSA) is 83.1 Å². The Morgan fingerprint density at radius 3 is 0.915 bits per heavy atom. The third kappa shape index (κ3) is 2.37. The summed E-state index contributed by atoms with van der Waals surface area (Å²) < 4.78 is 21.8. The summed E-state index contributed by atoms with van der Waals surface area (Å²) in [6.07, 6.45) is 0. The van der Waals surface area contributed by atoms with Crippen LogP contribution in [0.2, 0.25) is 0 Å². The van der Waals surface area contributed by atoms with E-state index < -0.39 is 7.14 Å². The molecule has 0 saturated carbocycles. The van der Waals surface area contributed by atoms with Gasteiger partial charge in [0.1, 0.15) is 0 Å². The first-order valence-electron chi connectivity index (χ1n) is 15.4. The van der Waals surface area contributed by atoms with Crippen LogP contribution >= 0.6 is 7.14 Å². The molecule has 8 heteroatoms. The maximum absolute atomic E-state index is 16.8. The zero-order valence-corrected chi connectivity index (χ0v) is 25.2. The van der Waals surface area contributed by atoms with Crippen LogP contribution in [0.3, 0.4) is 0 Å². The van der Waals surface area contributed by atoms with Gasteiger partial charge in [-0.25, -0.2) is 0 Å². The van der Waals surface area contributed by atoms with Crippen molar-refractivity contribution < 1.29 is 4.57 Å². The van der Waals surface area contributed by atoms with Crippen molar-refractivity contribution in [2.75, 3.05) is 0 Å². The SMILES string of the molecule is O=c1c2ccccc2c2ccc3c4c2n1-c1ccc2c5ccccc5c(=O)n5c2c1P4(=O)c1c-5ccc2c4ccccc4c(=O)n-3c12. The Bertz CT molecular complexity index is 3000. The predicted octanol–water partition coefficient (Wildman–Crippen LogP) is 5.64. The van der Waals surface area contributed by atoms with E-state index in [4.69, 9.17) is 0 Å². The summed E-state index contributed by atoms with van der Waals surface area (Å²) in [5, 5.41) is 7.68. The predicted molar refractivity (Wildman–Crippen MR) is 188 cm³/mol. The Labute approximate surface area is 263 Å². The molecule has 0 saturated heterocycles. The van der Waals surface area contributed by atoms with Gasteiger partial charge in [-0.3, -0.25) is 28.1 Å². The number of fused-ring (bicyclic) bond motifs is 9. The smallest absolute Gasteiger partial charge is 0.263 e. The van der Waals surface area contributed by atoms with Crippen LogP contribution in [-0.4, -0.2) is 13.7 Å². The van der Waals surface area contributed by atoms with Crippen LogP contribution in [0.25, 0.3) is 82.1 Å². The molecule has 0 amide bonds. The molecule has 0 unspecified atom stereocenters. The van der Waals surface area contributed by atoms with Crippen LogP contribution in [0.4, 0.5) is 0 Å². The largest absolute Gasteiger partial charge is 0.308 e. The molecule has 6 aromatic carbocycles. The van der Waals surface area contributed by atoms with E-state index in [2.05, 4.69) is 0 Å². The highest BCUT2D eigenvalue weighted by Crippen LogP contribution is 2.58. The Morgan fingerprint density at radius 2 is 0.617 bits per heavy atom. The second kappa shape index (κ2) is 7.49. The lowest BCUT2D eigenvalue weighted by atomic mass is 10.0. The average molecular weight is 624 g/mol. The second-order valence-electron chi connectivity index (χ2n) is 12.7. The van der Waals surface area contributed by atoms with Crippen molar-refractivity contribution in [3.05, 3.63) is 140 Å². The third-order valence-corrected chi connectivity index (χ3v) is 13.9. The molecule has 0 radical (unpaired) electrons. The first kappa shape index (κ1) is 24.2. The van der Waals surface area contributed by atoms with Gasteiger partial charge < -0.3 is 4.57 Å². The molecule has 0 atom stereocenters. The standard InChI is InChI=1S/C39H18N3O4P/c43-37-25-10-4-1-7-19(25)22-13-16-28-34-31(22)40(37)29-17-14-23-20-8-3-6-12-27(20)39(45)42-30-18-15-24-21-9-2-5-11-26(21)38(44)41(28)33(24)36(30)47(34,46)35(29)32(23)42/h1-18H. The maximum Gasteiger partial charge on any atom is 0.263 e. The lowest BCUT2D eigenvalue weighted by Gasteiger charge is -2.40. The van der Waals surface area contributed by atoms with Gasteiger partial charge in [0.25, 0.3) is 16.7 Å². The molecule has 0 N–H and O–H groups in total. The van der Waals surface area contributed by atoms with Gasteiger partial charge in [0.05, 0.1) is 49.5 Å². The molecule has 6 heterocycles. The van der Waals surface area contributed by atoms with E-state index in [1.807, 2.05) is 109 Å². The minimum Gasteiger partial charge on any atom is -0.308 e. The van der Waals surface area contributed by atoms with E-state index >= 15 is 4.57 Å². The van der Waals surface area contributed by atoms with Gasteiger partial charge in [-0.1, -0.05) is 72.8 Å². The monoisotopic (exact) mass is 623 g/mol. The summed E-state index contributed by atoms with van der Waals surface area (Å²) in [5.74, 6) is 0. The molecular formula is C39H18N3O4P. The fourth-order valence-corrected chi connectivity index (χ4v) is 12.6. The van der Waals surface area contributed by atoms with Crippen LogP contribution in [-0.2, 0) is 4.57 Å². The zero-order valence-electron chi connectivity index (χ0n) is 24.3. The molecule has 0 spiro atoms. The summed E-state index contributed by atoms with van der Waals surface area (Å²) >= 11 is 0. The van der Waals surface area contributed by atoms with Crippen molar-refractivity contribution in [2.24, 2.45) is 0 Å². The van der Waals surface area contributed by atoms with E-state index in [0.717, 1.165) is 32.3 Å². The number of benzene rings is 6. The summed E-state index contributed by atoms with van der Waals surface area (Å²) in [7, 11) is -3.81. The van der Waals surface area contributed by atoms with Crippen LogP contribution in [0.1, 0.15) is 0 Å². The van der Waals surface area contributed by atoms with Crippen LogP contribution in [0, 0.1) is 0 Å². The van der Waals surface area contributed by atoms with Crippen molar-refractivity contribution >= 4 is 88.1 Å². The number of pyridine rings is 3. The van der Waals surface area contributed by atoms with Crippen molar-refractivity contribution in [1.29, 1.82) is 0 Å². The molecule has 9 aromatic rings. The summed E-state index contributed by atoms with van der Waals surface area (Å²) in [6, 6.07) is 33.9. The van der Waals surface area contributed by atoms with Crippen molar-refractivity contribution in [2.45, 2.75) is 0 Å². The van der Waals surface area contributed by atoms with Gasteiger partial charge in [0.2, 0.25) is 0 Å². The highest BCUT2D eigenvalue weighted by Gasteiger charge is 2.51. The van der Waals surface area contributed by atoms with Crippen molar-refractivity contribution in [3.63, 3.8) is 0 Å². The van der Waals surface area contributed by atoms with Crippen LogP contribution in [0.5, 0.6) is 0 Å². The highest BCUT2D eigenvalue weighted by molar-refractivity contribution is 7.87. The zero-order chi connectivity index (χ0) is 31.1. The van der Waals surface area contributed by atoms with Gasteiger partial charge in [-0.05, 0) is 52.6 Å². The van der Waals surface area contributed by atoms with Gasteiger partial charge in [-0.15, -0.1) is 0 Å². The molecule has 3 aliphatic heterocycles. The normalized spacial score (nSPS) is 14.5.